The Labute approximate surface area is 422 Å². The maximum atomic E-state index is 12.9. The average Bonchev–Trinajstić information content (AvgIpc) is 3.31. The topological polar surface area (TPSA) is 108 Å². The number of carbonyl (C=O) groups is 3. The lowest BCUT2D eigenvalue weighted by molar-refractivity contribution is -0.870. The molecule has 0 heterocycles. The molecule has 0 aromatic carbocycles. The lowest BCUT2D eigenvalue weighted by Gasteiger charge is -2.25. The van der Waals surface area contributed by atoms with E-state index in [0.717, 1.165) is 109 Å². The second-order valence-corrected chi connectivity index (χ2v) is 19.1. The summed E-state index contributed by atoms with van der Waals surface area (Å²) in [7, 11) is 5.95. The second-order valence-electron chi connectivity index (χ2n) is 19.1. The van der Waals surface area contributed by atoms with E-state index in [1.54, 1.807) is 0 Å². The summed E-state index contributed by atoms with van der Waals surface area (Å²) in [6.45, 7) is 4.63. The van der Waals surface area contributed by atoms with Crippen LogP contribution in [0.1, 0.15) is 206 Å². The van der Waals surface area contributed by atoms with E-state index < -0.39 is 24.3 Å². The number of carboxylic acid groups (broad SMARTS) is 1. The summed E-state index contributed by atoms with van der Waals surface area (Å²) in [5.74, 6) is -2.03. The third-order valence-corrected chi connectivity index (χ3v) is 11.3. The molecule has 0 saturated carbocycles. The molecule has 0 spiro atoms. The first-order valence-electron chi connectivity index (χ1n) is 27.4. The summed E-state index contributed by atoms with van der Waals surface area (Å²) in [4.78, 5) is 37.4. The van der Waals surface area contributed by atoms with Gasteiger partial charge in [-0.15, -0.1) is 0 Å². The van der Waals surface area contributed by atoms with Gasteiger partial charge < -0.3 is 28.5 Å². The highest BCUT2D eigenvalue weighted by Crippen LogP contribution is 2.15. The molecule has 69 heavy (non-hydrogen) atoms. The maximum absolute atomic E-state index is 12.9. The fourth-order valence-electron chi connectivity index (χ4n) is 7.17. The van der Waals surface area contributed by atoms with E-state index in [2.05, 4.69) is 111 Å². The van der Waals surface area contributed by atoms with Gasteiger partial charge in [-0.25, -0.2) is 4.79 Å². The molecule has 0 aliphatic heterocycles. The third kappa shape index (κ3) is 51.9. The zero-order valence-electron chi connectivity index (χ0n) is 44.7. The Balaban J connectivity index is 4.31. The van der Waals surface area contributed by atoms with E-state index in [1.807, 2.05) is 21.1 Å². The van der Waals surface area contributed by atoms with Crippen molar-refractivity contribution in [3.63, 3.8) is 0 Å². The molecule has 0 radical (unpaired) electrons. The van der Waals surface area contributed by atoms with Crippen molar-refractivity contribution >= 4 is 17.9 Å². The largest absolute Gasteiger partial charge is 0.477 e. The number of hydrogen-bond acceptors (Lipinski definition) is 7. The van der Waals surface area contributed by atoms with E-state index >= 15 is 0 Å². The molecule has 0 aromatic rings. The van der Waals surface area contributed by atoms with Gasteiger partial charge in [0.2, 0.25) is 0 Å². The first-order valence-corrected chi connectivity index (χ1v) is 27.4. The number of likely N-dealkylation sites (N-methyl/N-ethyl adjacent to an activating group) is 1. The zero-order chi connectivity index (χ0) is 50.6. The molecule has 2 unspecified atom stereocenters. The van der Waals surface area contributed by atoms with Gasteiger partial charge >= 0.3 is 17.9 Å². The number of quaternary nitrogens is 1. The van der Waals surface area contributed by atoms with Crippen LogP contribution in [0.25, 0.3) is 0 Å². The maximum Gasteiger partial charge on any atom is 0.361 e. The number of esters is 2. The highest BCUT2D eigenvalue weighted by molar-refractivity contribution is 5.71. The molecule has 0 rings (SSSR count). The van der Waals surface area contributed by atoms with E-state index in [-0.39, 0.29) is 38.6 Å². The van der Waals surface area contributed by atoms with E-state index in [4.69, 9.17) is 18.9 Å². The van der Waals surface area contributed by atoms with Gasteiger partial charge in [0.05, 0.1) is 34.4 Å². The van der Waals surface area contributed by atoms with Crippen LogP contribution >= 0.6 is 0 Å². The number of carboxylic acids is 1. The third-order valence-electron chi connectivity index (χ3n) is 11.3. The summed E-state index contributed by atoms with van der Waals surface area (Å²) in [6.07, 6.45) is 64.7. The highest BCUT2D eigenvalue weighted by Gasteiger charge is 2.25. The number of rotatable bonds is 49. The number of ether oxygens (including phenoxy) is 4. The number of unbranched alkanes of at least 4 members (excludes halogenated alkanes) is 18. The summed E-state index contributed by atoms with van der Waals surface area (Å²) >= 11 is 0. The molecule has 0 aliphatic rings. The molecule has 0 fully saturated rings. The molecule has 394 valence electrons. The summed E-state index contributed by atoms with van der Waals surface area (Å²) in [5, 5.41) is 9.69. The Morgan fingerprint density at radius 2 is 0.783 bits per heavy atom. The molecule has 1 N–H and O–H groups in total. The van der Waals surface area contributed by atoms with Crippen molar-refractivity contribution in [2.75, 3.05) is 47.5 Å². The second kappa shape index (κ2) is 50.6. The van der Waals surface area contributed by atoms with Gasteiger partial charge in [-0.05, 0) is 89.9 Å². The van der Waals surface area contributed by atoms with Crippen LogP contribution in [0.4, 0.5) is 0 Å². The monoisotopic (exact) mass is 965 g/mol. The lowest BCUT2D eigenvalue weighted by Crippen LogP contribution is -2.40. The summed E-state index contributed by atoms with van der Waals surface area (Å²) < 4.78 is 22.8. The quantitative estimate of drug-likeness (QED) is 0.0211. The molecule has 0 aromatic heterocycles. The number of carbonyl (C=O) groups excluding carboxylic acids is 2. The van der Waals surface area contributed by atoms with Gasteiger partial charge in [-0.1, -0.05) is 201 Å². The van der Waals surface area contributed by atoms with Crippen LogP contribution in [0.2, 0.25) is 0 Å². The number of nitrogens with zero attached hydrogens (tertiary/aromatic N) is 1. The Hall–Kier alpha value is -3.79. The normalized spacial score (nSPS) is 13.6. The van der Waals surface area contributed by atoms with Gasteiger partial charge in [-0.2, -0.15) is 0 Å². The van der Waals surface area contributed by atoms with Crippen LogP contribution in [0.5, 0.6) is 0 Å². The highest BCUT2D eigenvalue weighted by atomic mass is 16.7. The first kappa shape index (κ1) is 65.2. The first-order chi connectivity index (χ1) is 33.6. The number of allylic oxidation sites excluding steroid dienone is 16. The van der Waals surface area contributed by atoms with Crippen molar-refractivity contribution in [2.24, 2.45) is 0 Å². The SMILES string of the molecule is CC/C=C\C/C=C\C/C=C\C/C=C\CCCCCCCCCCCCCCC(=O)OC(COC(=O)CCCCCCCC/C=C\C/C=C\C/C=C\C/C=C\CC)COC(OCC[N+](C)(C)C)C(=O)O. The van der Waals surface area contributed by atoms with Gasteiger partial charge in [-0.3, -0.25) is 9.59 Å². The van der Waals surface area contributed by atoms with E-state index in [1.165, 1.54) is 64.2 Å². The van der Waals surface area contributed by atoms with E-state index in [0.29, 0.717) is 17.4 Å². The summed E-state index contributed by atoms with van der Waals surface area (Å²) in [6, 6.07) is 0. The lowest BCUT2D eigenvalue weighted by atomic mass is 10.0. The standard InChI is InChI=1S/C60H101NO8/c1-6-8-10-12-14-16-18-20-22-24-26-27-28-29-30-31-33-35-37-39-41-43-45-47-49-51-58(63)69-56(55-68-60(59(64)65)66-53-52-61(3,4)5)54-67-57(62)50-48-46-44-42-40-38-36-34-32-25-23-21-19-17-15-13-11-9-7-2/h8-11,14-17,20-23,26-27,32,34,56,60H,6-7,12-13,18-19,24-25,28-31,33,35-55H2,1-5H3/p+1/b10-8-,11-9-,16-14-,17-15-,22-20-,23-21-,27-26-,34-32-. The minimum atomic E-state index is -1.52. The molecule has 0 saturated heterocycles. The fraction of sp³-hybridized carbons (Fsp3) is 0.683. The minimum absolute atomic E-state index is 0.180. The van der Waals surface area contributed by atoms with Crippen molar-refractivity contribution in [1.29, 1.82) is 0 Å². The number of hydrogen-bond donors (Lipinski definition) is 1. The van der Waals surface area contributed by atoms with Gasteiger partial charge in [0.1, 0.15) is 13.2 Å². The van der Waals surface area contributed by atoms with Crippen LogP contribution < -0.4 is 0 Å². The van der Waals surface area contributed by atoms with Crippen molar-refractivity contribution in [3.05, 3.63) is 97.2 Å². The van der Waals surface area contributed by atoms with Gasteiger partial charge in [0.15, 0.2) is 6.10 Å². The molecular weight excluding hydrogens is 863 g/mol. The smallest absolute Gasteiger partial charge is 0.361 e. The molecule has 9 nitrogen and oxygen atoms in total. The Morgan fingerprint density at radius 1 is 0.435 bits per heavy atom. The molecule has 0 bridgehead atoms. The minimum Gasteiger partial charge on any atom is -0.477 e. The molecule has 2 atom stereocenters. The van der Waals surface area contributed by atoms with Crippen molar-refractivity contribution < 1.29 is 42.9 Å². The Kier molecular flexibility index (Phi) is 47.8. The van der Waals surface area contributed by atoms with Crippen LogP contribution in [0, 0.1) is 0 Å². The predicted octanol–water partition coefficient (Wildman–Crippen LogP) is 15.8. The molecule has 0 amide bonds. The zero-order valence-corrected chi connectivity index (χ0v) is 44.7. The average molecular weight is 965 g/mol. The van der Waals surface area contributed by atoms with E-state index in [9.17, 15) is 19.5 Å². The van der Waals surface area contributed by atoms with Gasteiger partial charge in [0, 0.05) is 12.8 Å². The van der Waals surface area contributed by atoms with Gasteiger partial charge in [0.25, 0.3) is 6.29 Å². The van der Waals surface area contributed by atoms with Crippen molar-refractivity contribution in [2.45, 2.75) is 219 Å². The van der Waals surface area contributed by atoms with Crippen molar-refractivity contribution in [1.82, 2.24) is 0 Å². The summed E-state index contributed by atoms with van der Waals surface area (Å²) in [5.41, 5.74) is 0. The fourth-order valence-corrected chi connectivity index (χ4v) is 7.17. The van der Waals surface area contributed by atoms with Crippen LogP contribution in [-0.2, 0) is 33.3 Å². The Bertz CT molecular complexity index is 1450. The van der Waals surface area contributed by atoms with Crippen LogP contribution in [0.15, 0.2) is 97.2 Å². The van der Waals surface area contributed by atoms with Crippen LogP contribution in [-0.4, -0.2) is 87.4 Å². The number of aliphatic carboxylic acids is 1. The van der Waals surface area contributed by atoms with Crippen LogP contribution in [0.3, 0.4) is 0 Å². The molecule has 0 aliphatic carbocycles. The Morgan fingerprint density at radius 3 is 1.16 bits per heavy atom. The molecule has 9 heteroatoms. The molecular formula is C60H102NO8+. The van der Waals surface area contributed by atoms with Crippen molar-refractivity contribution in [3.8, 4) is 0 Å². The predicted molar refractivity (Wildman–Crippen MR) is 290 cm³/mol.